The van der Waals surface area contributed by atoms with Crippen molar-refractivity contribution >= 4 is 30.2 Å². The molecule has 0 aromatic carbocycles. The summed E-state index contributed by atoms with van der Waals surface area (Å²) >= 11 is 0. The zero-order chi connectivity index (χ0) is 18.0. The van der Waals surface area contributed by atoms with Crippen LogP contribution in [-0.2, 0) is 24.0 Å². The van der Waals surface area contributed by atoms with Crippen molar-refractivity contribution in [2.45, 2.75) is 44.9 Å². The van der Waals surface area contributed by atoms with Gasteiger partial charge in [0.1, 0.15) is 6.29 Å². The predicted molar refractivity (Wildman–Crippen MR) is 74.8 cm³/mol. The second-order valence-electron chi connectivity index (χ2n) is 5.13. The fraction of sp³-hybridized carbons (Fsp3) is 0.643. The molecule has 0 spiro atoms. The molecule has 1 unspecified atom stereocenters. The average Bonchev–Trinajstić information content (AvgIpc) is 2.43. The van der Waals surface area contributed by atoms with Crippen LogP contribution in [0.2, 0.25) is 0 Å². The van der Waals surface area contributed by atoms with Gasteiger partial charge in [-0.1, -0.05) is 25.7 Å². The number of unbranched alkanes of at least 4 members (excludes halogenated alkanes) is 5. The molecule has 0 bridgehead atoms. The van der Waals surface area contributed by atoms with E-state index >= 15 is 0 Å². The number of aliphatic carboxylic acids is 4. The van der Waals surface area contributed by atoms with Gasteiger partial charge in [0.15, 0.2) is 0 Å². The molecular formula is C14H20O9. The van der Waals surface area contributed by atoms with E-state index in [0.717, 1.165) is 12.7 Å². The van der Waals surface area contributed by atoms with Crippen molar-refractivity contribution in [3.63, 3.8) is 0 Å². The Kier molecular flexibility index (Phi) is 8.53. The summed E-state index contributed by atoms with van der Waals surface area (Å²) in [5.74, 6) is -10.5. The lowest BCUT2D eigenvalue weighted by molar-refractivity contribution is -0.186. The smallest absolute Gasteiger partial charge is 0.333 e. The van der Waals surface area contributed by atoms with Gasteiger partial charge in [-0.3, -0.25) is 19.2 Å². The molecule has 0 aliphatic heterocycles. The molecule has 0 aromatic rings. The first-order valence-electron chi connectivity index (χ1n) is 7.09. The lowest BCUT2D eigenvalue weighted by atomic mass is 9.72. The van der Waals surface area contributed by atoms with E-state index in [4.69, 9.17) is 20.4 Å². The van der Waals surface area contributed by atoms with Gasteiger partial charge in [-0.15, -0.1) is 0 Å². The molecule has 23 heavy (non-hydrogen) atoms. The Morgan fingerprint density at radius 2 is 1.22 bits per heavy atom. The molecule has 9 nitrogen and oxygen atoms in total. The largest absolute Gasteiger partial charge is 0.481 e. The van der Waals surface area contributed by atoms with E-state index < -0.39 is 35.2 Å². The number of carboxylic acid groups (broad SMARTS) is 4. The second-order valence-corrected chi connectivity index (χ2v) is 5.13. The van der Waals surface area contributed by atoms with Crippen LogP contribution >= 0.6 is 0 Å². The minimum Gasteiger partial charge on any atom is -0.481 e. The number of rotatable bonds is 13. The molecule has 0 aliphatic rings. The van der Waals surface area contributed by atoms with E-state index in [2.05, 4.69) is 0 Å². The molecule has 0 amide bonds. The third-order valence-electron chi connectivity index (χ3n) is 3.65. The molecule has 0 heterocycles. The average molecular weight is 332 g/mol. The minimum absolute atomic E-state index is 0.174. The number of carboxylic acids is 4. The highest BCUT2D eigenvalue weighted by Gasteiger charge is 2.62. The molecule has 130 valence electrons. The molecule has 0 aliphatic carbocycles. The summed E-state index contributed by atoms with van der Waals surface area (Å²) in [5, 5.41) is 36.2. The Balaban J connectivity index is 4.97. The summed E-state index contributed by atoms with van der Waals surface area (Å²) in [7, 11) is 0. The van der Waals surface area contributed by atoms with E-state index in [1.165, 1.54) is 0 Å². The first-order valence-corrected chi connectivity index (χ1v) is 7.09. The standard InChI is InChI=1S/C14H20O9/c15-8-6-4-2-1-3-5-7-9(10(16)17)14(11(18)19,12(20)21)13(22)23/h8-9H,1-7H2,(H,16,17)(H,18,19)(H,20,21)(H,22,23). The molecule has 0 radical (unpaired) electrons. The topological polar surface area (TPSA) is 166 Å². The lowest BCUT2D eigenvalue weighted by Gasteiger charge is -2.26. The third kappa shape index (κ3) is 5.04. The zero-order valence-corrected chi connectivity index (χ0v) is 12.4. The summed E-state index contributed by atoms with van der Waals surface area (Å²) in [5.41, 5.74) is -3.41. The SMILES string of the molecule is O=CCCCCCCCC(C(=O)O)C(C(=O)O)(C(=O)O)C(=O)O. The van der Waals surface area contributed by atoms with Crippen molar-refractivity contribution in [3.05, 3.63) is 0 Å². The first-order chi connectivity index (χ1) is 10.7. The summed E-state index contributed by atoms with van der Waals surface area (Å²) in [6.07, 6.45) is 3.52. The van der Waals surface area contributed by atoms with Gasteiger partial charge in [-0.2, -0.15) is 0 Å². The maximum atomic E-state index is 11.2. The van der Waals surface area contributed by atoms with Gasteiger partial charge in [0.05, 0.1) is 5.92 Å². The molecule has 1 atom stereocenters. The quantitative estimate of drug-likeness (QED) is 0.217. The second kappa shape index (κ2) is 9.54. The van der Waals surface area contributed by atoms with Crippen molar-refractivity contribution in [1.82, 2.24) is 0 Å². The molecule has 0 rings (SSSR count). The van der Waals surface area contributed by atoms with Crippen LogP contribution in [0.4, 0.5) is 0 Å². The normalized spacial score (nSPS) is 12.3. The summed E-state index contributed by atoms with van der Waals surface area (Å²) in [6, 6.07) is 0. The Bertz CT molecular complexity index is 433. The molecule has 0 saturated heterocycles. The van der Waals surface area contributed by atoms with Crippen LogP contribution in [0.25, 0.3) is 0 Å². The number of hydrogen-bond donors (Lipinski definition) is 4. The molecular weight excluding hydrogens is 312 g/mol. The van der Waals surface area contributed by atoms with Crippen molar-refractivity contribution in [2.75, 3.05) is 0 Å². The van der Waals surface area contributed by atoms with Gasteiger partial charge >= 0.3 is 23.9 Å². The third-order valence-corrected chi connectivity index (χ3v) is 3.65. The Morgan fingerprint density at radius 1 is 0.783 bits per heavy atom. The minimum atomic E-state index is -3.41. The van der Waals surface area contributed by atoms with E-state index in [-0.39, 0.29) is 12.8 Å². The van der Waals surface area contributed by atoms with Gasteiger partial charge in [-0.05, 0) is 12.8 Å². The molecule has 4 N–H and O–H groups in total. The van der Waals surface area contributed by atoms with Crippen LogP contribution in [0.5, 0.6) is 0 Å². The number of carbonyl (C=O) groups excluding carboxylic acids is 1. The zero-order valence-electron chi connectivity index (χ0n) is 12.4. The van der Waals surface area contributed by atoms with Gasteiger partial charge in [-0.25, -0.2) is 0 Å². The number of carbonyl (C=O) groups is 5. The van der Waals surface area contributed by atoms with Crippen LogP contribution in [0, 0.1) is 11.3 Å². The predicted octanol–water partition coefficient (Wildman–Crippen LogP) is 0.857. The van der Waals surface area contributed by atoms with Gasteiger partial charge in [0.25, 0.3) is 5.41 Å². The van der Waals surface area contributed by atoms with Crippen LogP contribution in [-0.4, -0.2) is 50.6 Å². The monoisotopic (exact) mass is 332 g/mol. The Labute approximate surface area is 131 Å². The van der Waals surface area contributed by atoms with Crippen molar-refractivity contribution < 1.29 is 44.4 Å². The van der Waals surface area contributed by atoms with E-state index in [1.807, 2.05) is 0 Å². The van der Waals surface area contributed by atoms with E-state index in [1.54, 1.807) is 0 Å². The van der Waals surface area contributed by atoms with Crippen LogP contribution in [0.3, 0.4) is 0 Å². The van der Waals surface area contributed by atoms with Gasteiger partial charge in [0, 0.05) is 6.42 Å². The lowest BCUT2D eigenvalue weighted by Crippen LogP contribution is -2.54. The molecule has 0 saturated carbocycles. The highest BCUT2D eigenvalue weighted by atomic mass is 16.4. The molecule has 9 heteroatoms. The fourth-order valence-electron chi connectivity index (χ4n) is 2.35. The Hall–Kier alpha value is -2.45. The van der Waals surface area contributed by atoms with Gasteiger partial charge in [0.2, 0.25) is 0 Å². The fourth-order valence-corrected chi connectivity index (χ4v) is 2.35. The Morgan fingerprint density at radius 3 is 1.61 bits per heavy atom. The van der Waals surface area contributed by atoms with E-state index in [9.17, 15) is 24.0 Å². The first kappa shape index (κ1) is 20.6. The van der Waals surface area contributed by atoms with Crippen LogP contribution in [0.15, 0.2) is 0 Å². The van der Waals surface area contributed by atoms with Crippen LogP contribution < -0.4 is 0 Å². The molecule has 0 fully saturated rings. The molecule has 0 aromatic heterocycles. The number of aldehydes is 1. The summed E-state index contributed by atoms with van der Waals surface area (Å²) in [4.78, 5) is 55.0. The highest BCUT2D eigenvalue weighted by Crippen LogP contribution is 2.34. The van der Waals surface area contributed by atoms with E-state index in [0.29, 0.717) is 25.7 Å². The van der Waals surface area contributed by atoms with Crippen molar-refractivity contribution in [1.29, 1.82) is 0 Å². The maximum Gasteiger partial charge on any atom is 0.333 e. The van der Waals surface area contributed by atoms with Crippen molar-refractivity contribution in [2.24, 2.45) is 11.3 Å². The maximum absolute atomic E-state index is 11.2. The highest BCUT2D eigenvalue weighted by molar-refractivity contribution is 6.18. The summed E-state index contributed by atoms with van der Waals surface area (Å²) in [6.45, 7) is 0. The number of hydrogen-bond acceptors (Lipinski definition) is 5. The van der Waals surface area contributed by atoms with Crippen LogP contribution in [0.1, 0.15) is 44.9 Å². The van der Waals surface area contributed by atoms with Crippen molar-refractivity contribution in [3.8, 4) is 0 Å². The van der Waals surface area contributed by atoms with Gasteiger partial charge < -0.3 is 25.2 Å². The summed E-state index contributed by atoms with van der Waals surface area (Å²) < 4.78 is 0.